The number of sulfonamides is 1. The minimum absolute atomic E-state index is 0.120. The highest BCUT2D eigenvalue weighted by Gasteiger charge is 2.15. The maximum Gasteiger partial charge on any atom is 0.240 e. The van der Waals surface area contributed by atoms with Crippen molar-refractivity contribution in [1.29, 1.82) is 0 Å². The molecular formula is C14H12ClN3O3S2. The second kappa shape index (κ2) is 6.79. The lowest BCUT2D eigenvalue weighted by molar-refractivity contribution is 0.379. The molecule has 0 radical (unpaired) electrons. The molecule has 23 heavy (non-hydrogen) atoms. The molecule has 2 aromatic heterocycles. The largest absolute Gasteiger partial charge is 0.339 e. The number of halogens is 1. The van der Waals surface area contributed by atoms with E-state index in [9.17, 15) is 8.42 Å². The maximum atomic E-state index is 12.1. The molecule has 0 spiro atoms. The zero-order chi connectivity index (χ0) is 16.3. The van der Waals surface area contributed by atoms with E-state index in [2.05, 4.69) is 14.9 Å². The van der Waals surface area contributed by atoms with E-state index in [1.807, 2.05) is 17.5 Å². The molecular weight excluding hydrogens is 358 g/mol. The molecule has 1 N–H and O–H groups in total. The molecule has 0 bridgehead atoms. The van der Waals surface area contributed by atoms with Gasteiger partial charge in [-0.3, -0.25) is 0 Å². The molecule has 0 unspecified atom stereocenters. The van der Waals surface area contributed by atoms with Gasteiger partial charge in [0, 0.05) is 18.0 Å². The van der Waals surface area contributed by atoms with Crippen molar-refractivity contribution >= 4 is 33.0 Å². The van der Waals surface area contributed by atoms with Gasteiger partial charge in [0.15, 0.2) is 0 Å². The summed E-state index contributed by atoms with van der Waals surface area (Å²) in [6, 6.07) is 9.87. The van der Waals surface area contributed by atoms with Crippen LogP contribution < -0.4 is 4.72 Å². The molecule has 0 saturated heterocycles. The van der Waals surface area contributed by atoms with Crippen molar-refractivity contribution in [3.05, 3.63) is 52.7 Å². The van der Waals surface area contributed by atoms with Crippen LogP contribution in [0.1, 0.15) is 5.89 Å². The summed E-state index contributed by atoms with van der Waals surface area (Å²) in [6.07, 6.45) is 0.304. The van der Waals surface area contributed by atoms with Crippen LogP contribution in [-0.4, -0.2) is 25.1 Å². The molecule has 1 aromatic carbocycles. The molecule has 0 amide bonds. The number of benzene rings is 1. The lowest BCUT2D eigenvalue weighted by atomic mass is 10.4. The Morgan fingerprint density at radius 3 is 2.87 bits per heavy atom. The molecule has 0 atom stereocenters. The summed E-state index contributed by atoms with van der Waals surface area (Å²) in [5.74, 6) is 0.884. The van der Waals surface area contributed by atoms with E-state index in [1.54, 1.807) is 12.1 Å². The second-order valence-corrected chi connectivity index (χ2v) is 7.75. The fraction of sp³-hybridized carbons (Fsp3) is 0.143. The van der Waals surface area contributed by atoms with Gasteiger partial charge >= 0.3 is 0 Å². The van der Waals surface area contributed by atoms with Crippen molar-refractivity contribution in [1.82, 2.24) is 14.9 Å². The summed E-state index contributed by atoms with van der Waals surface area (Å²) in [5, 5.41) is 6.16. The van der Waals surface area contributed by atoms with Crippen molar-refractivity contribution in [2.45, 2.75) is 11.3 Å². The van der Waals surface area contributed by atoms with Crippen molar-refractivity contribution in [3.63, 3.8) is 0 Å². The first kappa shape index (κ1) is 16.1. The van der Waals surface area contributed by atoms with Gasteiger partial charge in [-0.05, 0) is 29.6 Å². The molecule has 2 heterocycles. The van der Waals surface area contributed by atoms with Crippen LogP contribution in [0.4, 0.5) is 0 Å². The smallest absolute Gasteiger partial charge is 0.240 e. The number of rotatable bonds is 6. The van der Waals surface area contributed by atoms with Crippen molar-refractivity contribution in [3.8, 4) is 10.7 Å². The van der Waals surface area contributed by atoms with Crippen LogP contribution in [0.15, 0.2) is 51.2 Å². The quantitative estimate of drug-likeness (QED) is 0.722. The predicted octanol–water partition coefficient (Wildman–Crippen LogP) is 2.97. The maximum absolute atomic E-state index is 12.1. The van der Waals surface area contributed by atoms with E-state index >= 15 is 0 Å². The molecule has 0 aliphatic heterocycles. The molecule has 3 aromatic rings. The Morgan fingerprint density at radius 1 is 1.26 bits per heavy atom. The molecule has 0 aliphatic carbocycles. The summed E-state index contributed by atoms with van der Waals surface area (Å²) in [7, 11) is -3.61. The predicted molar refractivity (Wildman–Crippen MR) is 88.0 cm³/mol. The SMILES string of the molecule is O=S(=O)(NCCc1nc(-c2cccs2)no1)c1cccc(Cl)c1. The first-order valence-corrected chi connectivity index (χ1v) is 9.40. The Kier molecular flexibility index (Phi) is 4.76. The molecule has 0 saturated carbocycles. The van der Waals surface area contributed by atoms with Gasteiger partial charge in [0.05, 0.1) is 9.77 Å². The number of thiophene rings is 1. The molecule has 9 heteroatoms. The number of aromatic nitrogens is 2. The summed E-state index contributed by atoms with van der Waals surface area (Å²) in [5.41, 5.74) is 0. The van der Waals surface area contributed by atoms with Crippen molar-refractivity contribution in [2.75, 3.05) is 6.54 Å². The third-order valence-corrected chi connectivity index (χ3v) is 5.51. The second-order valence-electron chi connectivity index (χ2n) is 4.59. The van der Waals surface area contributed by atoms with Gasteiger partial charge in [-0.2, -0.15) is 4.98 Å². The molecule has 0 fully saturated rings. The van der Waals surface area contributed by atoms with E-state index in [1.165, 1.54) is 23.5 Å². The number of nitrogens with zero attached hydrogens (tertiary/aromatic N) is 2. The van der Waals surface area contributed by atoms with Gasteiger partial charge in [0.25, 0.3) is 0 Å². The monoisotopic (exact) mass is 369 g/mol. The van der Waals surface area contributed by atoms with Gasteiger partial charge < -0.3 is 4.52 Å². The van der Waals surface area contributed by atoms with E-state index in [0.717, 1.165) is 4.88 Å². The van der Waals surface area contributed by atoms with Gasteiger partial charge in [-0.25, -0.2) is 13.1 Å². The normalized spacial score (nSPS) is 11.7. The van der Waals surface area contributed by atoms with Crippen LogP contribution in [-0.2, 0) is 16.4 Å². The minimum atomic E-state index is -3.61. The third kappa shape index (κ3) is 3.97. The lowest BCUT2D eigenvalue weighted by Crippen LogP contribution is -2.26. The van der Waals surface area contributed by atoms with Gasteiger partial charge in [0.1, 0.15) is 0 Å². The minimum Gasteiger partial charge on any atom is -0.339 e. The van der Waals surface area contributed by atoms with Gasteiger partial charge in [-0.15, -0.1) is 11.3 Å². The molecule has 0 aliphatic rings. The Bertz CT molecular complexity index is 892. The van der Waals surface area contributed by atoms with E-state index in [0.29, 0.717) is 23.2 Å². The Hall–Kier alpha value is -1.74. The van der Waals surface area contributed by atoms with E-state index < -0.39 is 10.0 Å². The summed E-state index contributed by atoms with van der Waals surface area (Å²) >= 11 is 7.31. The van der Waals surface area contributed by atoms with Crippen molar-refractivity contribution < 1.29 is 12.9 Å². The molecule has 6 nitrogen and oxygen atoms in total. The lowest BCUT2D eigenvalue weighted by Gasteiger charge is -2.05. The van der Waals surface area contributed by atoms with Crippen LogP contribution in [0.25, 0.3) is 10.7 Å². The Balaban J connectivity index is 1.61. The average molecular weight is 370 g/mol. The number of hydrogen-bond acceptors (Lipinski definition) is 6. The van der Waals surface area contributed by atoms with Crippen LogP contribution >= 0.6 is 22.9 Å². The summed E-state index contributed by atoms with van der Waals surface area (Å²) in [6.45, 7) is 0.154. The Morgan fingerprint density at radius 2 is 2.13 bits per heavy atom. The fourth-order valence-corrected chi connectivity index (χ4v) is 3.85. The van der Waals surface area contributed by atoms with E-state index in [-0.39, 0.29) is 11.4 Å². The number of hydrogen-bond donors (Lipinski definition) is 1. The topological polar surface area (TPSA) is 85.1 Å². The highest BCUT2D eigenvalue weighted by Crippen LogP contribution is 2.21. The highest BCUT2D eigenvalue weighted by atomic mass is 35.5. The molecule has 3 rings (SSSR count). The zero-order valence-electron chi connectivity index (χ0n) is 11.8. The summed E-state index contributed by atoms with van der Waals surface area (Å²) in [4.78, 5) is 5.26. The first-order chi connectivity index (χ1) is 11.0. The Labute approximate surface area is 142 Å². The van der Waals surface area contributed by atoms with Crippen LogP contribution in [0.3, 0.4) is 0 Å². The standard InChI is InChI=1S/C14H12ClN3O3S2/c15-10-3-1-4-11(9-10)23(19,20)16-7-6-13-17-14(18-21-13)12-5-2-8-22-12/h1-5,8-9,16H,6-7H2. The van der Waals surface area contributed by atoms with Crippen LogP contribution in [0, 0.1) is 0 Å². The fourth-order valence-electron chi connectivity index (χ4n) is 1.87. The van der Waals surface area contributed by atoms with Gasteiger partial charge in [-0.1, -0.05) is 28.9 Å². The molecule has 120 valence electrons. The zero-order valence-corrected chi connectivity index (χ0v) is 14.2. The van der Waals surface area contributed by atoms with Crippen molar-refractivity contribution in [2.24, 2.45) is 0 Å². The summed E-state index contributed by atoms with van der Waals surface area (Å²) < 4.78 is 31.9. The van der Waals surface area contributed by atoms with E-state index in [4.69, 9.17) is 16.1 Å². The average Bonchev–Trinajstić information content (AvgIpc) is 3.18. The van der Waals surface area contributed by atoms with Crippen LogP contribution in [0.2, 0.25) is 5.02 Å². The first-order valence-electron chi connectivity index (χ1n) is 6.66. The number of nitrogens with one attached hydrogen (secondary N) is 1. The highest BCUT2D eigenvalue weighted by molar-refractivity contribution is 7.89. The van der Waals surface area contributed by atoms with Crippen LogP contribution in [0.5, 0.6) is 0 Å². The third-order valence-electron chi connectivity index (χ3n) is 2.95. The van der Waals surface area contributed by atoms with Gasteiger partial charge in [0.2, 0.25) is 21.7 Å².